The Morgan fingerprint density at radius 3 is 2.45 bits per heavy atom. The highest BCUT2D eigenvalue weighted by Gasteiger charge is 2.75. The summed E-state index contributed by atoms with van der Waals surface area (Å²) in [6.45, 7) is 4.06. The molecule has 0 spiro atoms. The largest absolute Gasteiger partial charge is 0.460 e. The number of rotatable bonds is 17. The number of aliphatic hydroxyl groups is 5. The third kappa shape index (κ3) is 10.0. The molecule has 6 N–H and O–H groups in total. The fourth-order valence-corrected chi connectivity index (χ4v) is 9.23. The minimum Gasteiger partial charge on any atom is -0.460 e. The van der Waals surface area contributed by atoms with Gasteiger partial charge in [0.25, 0.3) is 0 Å². The maximum Gasteiger partial charge on any atom is 0.327 e. The Hall–Kier alpha value is -4.38. The second-order valence-corrected chi connectivity index (χ2v) is 17.9. The lowest BCUT2D eigenvalue weighted by molar-refractivity contribution is -0.298. The van der Waals surface area contributed by atoms with Gasteiger partial charge in [-0.2, -0.15) is 5.06 Å². The Balaban J connectivity index is 1.11. The van der Waals surface area contributed by atoms with Crippen molar-refractivity contribution in [3.05, 3.63) is 77.4 Å². The van der Waals surface area contributed by atoms with Crippen LogP contribution in [0.15, 0.2) is 60.7 Å². The highest BCUT2D eigenvalue weighted by Crippen LogP contribution is 2.56. The van der Waals surface area contributed by atoms with Gasteiger partial charge < -0.3 is 64.2 Å². The molecule has 4 saturated heterocycles. The molecule has 2 amide bonds. The van der Waals surface area contributed by atoms with E-state index in [-0.39, 0.29) is 45.6 Å². The van der Waals surface area contributed by atoms with Crippen molar-refractivity contribution in [2.75, 3.05) is 33.7 Å². The van der Waals surface area contributed by atoms with Crippen molar-refractivity contribution in [2.45, 2.75) is 132 Å². The molecule has 13 unspecified atom stereocenters. The van der Waals surface area contributed by atoms with Crippen LogP contribution in [0.3, 0.4) is 0 Å². The van der Waals surface area contributed by atoms with Gasteiger partial charge in [-0.25, -0.2) is 0 Å². The number of carbonyl (C=O) groups excluding carboxylic acids is 4. The first-order valence-corrected chi connectivity index (χ1v) is 21.5. The van der Waals surface area contributed by atoms with Gasteiger partial charge >= 0.3 is 11.9 Å². The SMILES string of the molecule is CN(C(=O)C12CC3OC(=O)C1N(Cc1cccc(C=CCOC4OC(CO)C(O)C(O)C4O)c1)OC2C1OCOC31)C(Cc1ccccc1)C(=O)NC(CO)CCC(=O)OC(C)(C)C. The first-order valence-electron chi connectivity index (χ1n) is 21.5. The van der Waals surface area contributed by atoms with Gasteiger partial charge in [-0.05, 0) is 43.9 Å². The lowest BCUT2D eigenvalue weighted by Gasteiger charge is -2.50. The first-order chi connectivity index (χ1) is 30.5. The third-order valence-electron chi connectivity index (χ3n) is 12.3. The van der Waals surface area contributed by atoms with Gasteiger partial charge in [-0.3, -0.25) is 24.0 Å². The molecule has 64 heavy (non-hydrogen) atoms. The number of nitrogens with zero attached hydrogens (tertiary/aromatic N) is 2. The van der Waals surface area contributed by atoms with Crippen LogP contribution in [0.5, 0.6) is 0 Å². The van der Waals surface area contributed by atoms with Crippen LogP contribution in [0.1, 0.15) is 56.7 Å². The number of aliphatic hydroxyl groups excluding tert-OH is 5. The van der Waals surface area contributed by atoms with Crippen LogP contribution in [0.2, 0.25) is 0 Å². The molecule has 0 radical (unpaired) electrons. The lowest BCUT2D eigenvalue weighted by atomic mass is 9.62. The van der Waals surface area contributed by atoms with Crippen LogP contribution < -0.4 is 5.32 Å². The summed E-state index contributed by atoms with van der Waals surface area (Å²) >= 11 is 0. The minimum absolute atomic E-state index is 0.0321. The molecule has 0 aromatic heterocycles. The number of nitrogens with one attached hydrogen (secondary N) is 1. The molecule has 19 nitrogen and oxygen atoms in total. The van der Waals surface area contributed by atoms with Crippen LogP contribution in [-0.2, 0) is 65.4 Å². The second kappa shape index (κ2) is 20.0. The summed E-state index contributed by atoms with van der Waals surface area (Å²) < 4.78 is 34.3. The third-order valence-corrected chi connectivity index (χ3v) is 12.3. The number of likely N-dealkylation sites (N-methyl/N-ethyl adjacent to an activating group) is 1. The molecular weight excluding hydrogens is 838 g/mol. The standard InChI is InChI=1S/C45H59N3O16/c1-44(2,3)63-32(51)16-15-28(22-49)46-40(55)29(19-26-10-6-5-7-11-26)47(4)43(57)45-20-30-36-37(60-24-59-36)39(45)64-48(38(45)41(56)61-30)21-27-13-8-12-25(18-27)14-9-17-58-42-35(54)34(53)33(52)31(23-50)62-42/h5-14,18,28-31,33-39,42,49-50,52-54H,15-17,19-24H2,1-4H3,(H,46,55). The molecule has 350 valence electrons. The van der Waals surface area contributed by atoms with Crippen molar-refractivity contribution in [3.63, 3.8) is 0 Å². The van der Waals surface area contributed by atoms with Gasteiger partial charge in [-0.15, -0.1) is 0 Å². The van der Waals surface area contributed by atoms with Crippen molar-refractivity contribution >= 4 is 29.8 Å². The van der Waals surface area contributed by atoms with E-state index < -0.39 is 121 Å². The molecule has 4 heterocycles. The zero-order valence-electron chi connectivity index (χ0n) is 36.3. The van der Waals surface area contributed by atoms with E-state index in [4.69, 9.17) is 33.3 Å². The summed E-state index contributed by atoms with van der Waals surface area (Å²) in [5.74, 6) is -2.29. The van der Waals surface area contributed by atoms with E-state index in [1.165, 1.54) is 17.0 Å². The Morgan fingerprint density at radius 1 is 1.00 bits per heavy atom. The van der Waals surface area contributed by atoms with Crippen molar-refractivity contribution in [3.8, 4) is 0 Å². The second-order valence-electron chi connectivity index (χ2n) is 17.9. The smallest absolute Gasteiger partial charge is 0.327 e. The number of amides is 2. The molecule has 19 heteroatoms. The van der Waals surface area contributed by atoms with Crippen molar-refractivity contribution in [1.82, 2.24) is 15.3 Å². The molecule has 1 saturated carbocycles. The maximum absolute atomic E-state index is 15.4. The van der Waals surface area contributed by atoms with Crippen LogP contribution in [0.25, 0.3) is 6.08 Å². The molecule has 2 aromatic rings. The highest BCUT2D eigenvalue weighted by atomic mass is 16.8. The van der Waals surface area contributed by atoms with Crippen LogP contribution in [-0.4, -0.2) is 172 Å². The summed E-state index contributed by atoms with van der Waals surface area (Å²) in [6.07, 6.45) is -6.82. The predicted octanol–water partition coefficient (Wildman–Crippen LogP) is -0.274. The zero-order chi connectivity index (χ0) is 45.9. The Kier molecular flexibility index (Phi) is 14.9. The summed E-state index contributed by atoms with van der Waals surface area (Å²) in [5, 5.41) is 54.5. The van der Waals surface area contributed by atoms with E-state index in [1.54, 1.807) is 39.0 Å². The number of esters is 2. The number of carbonyl (C=O) groups is 4. The van der Waals surface area contributed by atoms with Crippen molar-refractivity contribution in [1.29, 1.82) is 0 Å². The molecule has 1 aliphatic carbocycles. The molecule has 5 aliphatic rings. The van der Waals surface area contributed by atoms with E-state index in [2.05, 4.69) is 5.32 Å². The predicted molar refractivity (Wildman–Crippen MR) is 222 cm³/mol. The Morgan fingerprint density at radius 2 is 1.73 bits per heavy atom. The van der Waals surface area contributed by atoms with E-state index in [0.29, 0.717) is 5.56 Å². The molecule has 2 aromatic carbocycles. The van der Waals surface area contributed by atoms with Crippen molar-refractivity contribution in [2.24, 2.45) is 5.41 Å². The van der Waals surface area contributed by atoms with Gasteiger partial charge in [-0.1, -0.05) is 66.7 Å². The first kappa shape index (κ1) is 47.6. The van der Waals surface area contributed by atoms with Gasteiger partial charge in [0.2, 0.25) is 11.8 Å². The molecule has 7 rings (SSSR count). The minimum atomic E-state index is -1.58. The van der Waals surface area contributed by atoms with Gasteiger partial charge in [0.1, 0.15) is 72.7 Å². The number of fused-ring (bicyclic) bond motifs is 4. The summed E-state index contributed by atoms with van der Waals surface area (Å²) in [6, 6.07) is 13.2. The normalized spacial score (nSPS) is 32.1. The summed E-state index contributed by atoms with van der Waals surface area (Å²) in [7, 11) is 1.51. The zero-order valence-corrected chi connectivity index (χ0v) is 36.3. The number of hydrogen-bond acceptors (Lipinski definition) is 17. The van der Waals surface area contributed by atoms with Crippen LogP contribution in [0.4, 0.5) is 0 Å². The van der Waals surface area contributed by atoms with E-state index >= 15 is 4.79 Å². The van der Waals surface area contributed by atoms with Gasteiger partial charge in [0.05, 0.1) is 32.4 Å². The Labute approximate surface area is 370 Å². The van der Waals surface area contributed by atoms with E-state index in [9.17, 15) is 39.9 Å². The quantitative estimate of drug-likeness (QED) is 0.112. The molecule has 5 fully saturated rings. The monoisotopic (exact) mass is 897 g/mol. The average Bonchev–Trinajstić information content (AvgIpc) is 3.90. The summed E-state index contributed by atoms with van der Waals surface area (Å²) in [4.78, 5) is 64.4. The maximum atomic E-state index is 15.4. The molecular formula is C45H59N3O16. The number of hydrogen-bond donors (Lipinski definition) is 6. The Bertz CT molecular complexity index is 2000. The molecule has 13 atom stereocenters. The van der Waals surface area contributed by atoms with Gasteiger partial charge in [0.15, 0.2) is 12.3 Å². The van der Waals surface area contributed by atoms with Gasteiger partial charge in [0, 0.05) is 26.3 Å². The number of ether oxygens (including phenoxy) is 6. The topological polar surface area (TPSA) is 253 Å². The summed E-state index contributed by atoms with van der Waals surface area (Å²) in [5.41, 5.74) is -0.118. The van der Waals surface area contributed by atoms with Crippen molar-refractivity contribution < 1.29 is 78.0 Å². The van der Waals surface area contributed by atoms with Crippen LogP contribution in [0, 0.1) is 5.41 Å². The van der Waals surface area contributed by atoms with Crippen LogP contribution >= 0.6 is 0 Å². The fourth-order valence-electron chi connectivity index (χ4n) is 9.23. The molecule has 4 aliphatic heterocycles. The average molecular weight is 898 g/mol. The molecule has 2 bridgehead atoms. The number of benzene rings is 2. The van der Waals surface area contributed by atoms with E-state index in [1.807, 2.05) is 48.5 Å². The fraction of sp³-hybridized carbons (Fsp3) is 0.600. The lowest BCUT2D eigenvalue weighted by Crippen LogP contribution is -2.70. The van der Waals surface area contributed by atoms with E-state index in [0.717, 1.165) is 11.1 Å². The number of hydroxylamine groups is 2. The highest BCUT2D eigenvalue weighted by molar-refractivity contribution is 5.96.